The Hall–Kier alpha value is -3.33. The van der Waals surface area contributed by atoms with Gasteiger partial charge in [0.15, 0.2) is 5.82 Å². The number of carbonyl (C=O) groups is 1. The van der Waals surface area contributed by atoms with Crippen molar-refractivity contribution in [3.05, 3.63) is 66.4 Å². The van der Waals surface area contributed by atoms with Gasteiger partial charge in [-0.1, -0.05) is 23.7 Å². The summed E-state index contributed by atoms with van der Waals surface area (Å²) in [6, 6.07) is 5.09. The average molecular weight is 371 g/mol. The van der Waals surface area contributed by atoms with Crippen LogP contribution in [0.4, 0.5) is 17.3 Å². The van der Waals surface area contributed by atoms with Crippen molar-refractivity contribution in [2.24, 2.45) is 0 Å². The molecule has 0 radical (unpaired) electrons. The maximum atomic E-state index is 13.3. The van der Waals surface area contributed by atoms with Gasteiger partial charge in [-0.15, -0.1) is 0 Å². The number of aromatic nitrogens is 4. The largest absolute Gasteiger partial charge is 0.327 e. The van der Waals surface area contributed by atoms with Crippen molar-refractivity contribution in [1.29, 1.82) is 0 Å². The second kappa shape index (κ2) is 4.64. The van der Waals surface area contributed by atoms with Crippen LogP contribution in [0.1, 0.15) is 22.4 Å². The number of hydrogen-bond acceptors (Lipinski definition) is 5. The van der Waals surface area contributed by atoms with Crippen LogP contribution < -0.4 is 21.9 Å². The standard InChI is InChI=1S/C16H11ClN6O3/c1-5-8-12(23-22-5)19-11-9(13(24)21-15(26)20-11)16(8)6-3-2-4-7(17)10(6)18-14(16)25/h2-4H,1H3,(H,18,25)(H4,19,20,21,22,23,24,26). The predicted octanol–water partition coefficient (Wildman–Crippen LogP) is 1.09. The van der Waals surface area contributed by atoms with Gasteiger partial charge in [-0.25, -0.2) is 4.79 Å². The van der Waals surface area contributed by atoms with Crippen LogP contribution >= 0.6 is 11.6 Å². The SMILES string of the molecule is Cc1[nH]nc2c1C1(C(=O)Nc3c(Cl)cccc31)c1c([nH]c(=O)[nH]c1=O)N2. The van der Waals surface area contributed by atoms with Gasteiger partial charge in [0.1, 0.15) is 11.2 Å². The number of aromatic amines is 3. The molecule has 0 saturated carbocycles. The van der Waals surface area contributed by atoms with Crippen LogP contribution in [0.5, 0.6) is 0 Å². The molecular weight excluding hydrogens is 360 g/mol. The molecule has 2 aliphatic heterocycles. The monoisotopic (exact) mass is 370 g/mol. The van der Waals surface area contributed by atoms with E-state index in [4.69, 9.17) is 11.6 Å². The molecule has 5 N–H and O–H groups in total. The molecule has 9 nitrogen and oxygen atoms in total. The van der Waals surface area contributed by atoms with Gasteiger partial charge in [-0.2, -0.15) is 5.10 Å². The van der Waals surface area contributed by atoms with Crippen LogP contribution in [-0.2, 0) is 10.2 Å². The number of fused-ring (bicyclic) bond motifs is 6. The summed E-state index contributed by atoms with van der Waals surface area (Å²) in [4.78, 5) is 42.6. The number of hydrogen-bond donors (Lipinski definition) is 5. The van der Waals surface area contributed by atoms with Crippen molar-refractivity contribution in [3.8, 4) is 0 Å². The summed E-state index contributed by atoms with van der Waals surface area (Å²) in [5.41, 5.74) is -0.640. The van der Waals surface area contributed by atoms with E-state index in [1.807, 2.05) is 0 Å². The van der Waals surface area contributed by atoms with Crippen LogP contribution in [0.25, 0.3) is 0 Å². The number of para-hydroxylation sites is 1. The summed E-state index contributed by atoms with van der Waals surface area (Å²) in [5, 5.41) is 13.1. The third kappa shape index (κ3) is 1.56. The molecule has 2 aliphatic rings. The molecule has 3 aromatic rings. The molecule has 130 valence electrons. The molecule has 0 aliphatic carbocycles. The zero-order chi connectivity index (χ0) is 18.2. The molecule has 1 atom stereocenters. The van der Waals surface area contributed by atoms with Crippen molar-refractivity contribution < 1.29 is 4.79 Å². The Morgan fingerprint density at radius 3 is 2.69 bits per heavy atom. The molecular formula is C16H11ClN6O3. The first-order valence-electron chi connectivity index (χ1n) is 7.74. The Balaban J connectivity index is 2.03. The lowest BCUT2D eigenvalue weighted by molar-refractivity contribution is -0.118. The average Bonchev–Trinajstić information content (AvgIpc) is 3.08. The number of halogens is 1. The molecule has 4 heterocycles. The van der Waals surface area contributed by atoms with E-state index in [1.54, 1.807) is 25.1 Å². The van der Waals surface area contributed by atoms with Gasteiger partial charge in [-0.05, 0) is 13.0 Å². The molecule has 5 rings (SSSR count). The number of anilines is 3. The number of H-pyrrole nitrogens is 3. The normalized spacial score (nSPS) is 19.5. The van der Waals surface area contributed by atoms with Crippen molar-refractivity contribution in [2.45, 2.75) is 12.3 Å². The maximum Gasteiger partial charge on any atom is 0.327 e. The second-order valence-electron chi connectivity index (χ2n) is 6.22. The lowest BCUT2D eigenvalue weighted by Gasteiger charge is -2.33. The van der Waals surface area contributed by atoms with E-state index in [2.05, 4.69) is 30.8 Å². The summed E-state index contributed by atoms with van der Waals surface area (Å²) in [6.07, 6.45) is 0. The van der Waals surface area contributed by atoms with Crippen LogP contribution in [0.3, 0.4) is 0 Å². The molecule has 0 fully saturated rings. The first-order valence-corrected chi connectivity index (χ1v) is 8.12. The van der Waals surface area contributed by atoms with Gasteiger partial charge in [-0.3, -0.25) is 24.7 Å². The van der Waals surface area contributed by atoms with E-state index in [9.17, 15) is 14.4 Å². The van der Waals surface area contributed by atoms with Gasteiger partial charge >= 0.3 is 5.69 Å². The molecule has 1 aromatic carbocycles. The number of benzene rings is 1. The molecule has 10 heteroatoms. The van der Waals surface area contributed by atoms with E-state index in [1.165, 1.54) is 0 Å². The van der Waals surface area contributed by atoms with Crippen molar-refractivity contribution in [1.82, 2.24) is 20.2 Å². The highest BCUT2D eigenvalue weighted by Crippen LogP contribution is 2.54. The Morgan fingerprint density at radius 1 is 1.08 bits per heavy atom. The van der Waals surface area contributed by atoms with Crippen molar-refractivity contribution in [3.63, 3.8) is 0 Å². The highest BCUT2D eigenvalue weighted by Gasteiger charge is 2.57. The molecule has 1 spiro atoms. The van der Waals surface area contributed by atoms with E-state index >= 15 is 0 Å². The minimum absolute atomic E-state index is 0.0904. The van der Waals surface area contributed by atoms with Gasteiger partial charge in [0.25, 0.3) is 5.56 Å². The third-order valence-electron chi connectivity index (χ3n) is 4.88. The Kier molecular flexibility index (Phi) is 2.67. The number of amides is 1. The van der Waals surface area contributed by atoms with Crippen LogP contribution in [0, 0.1) is 6.92 Å². The first kappa shape index (κ1) is 15.0. The summed E-state index contributed by atoms with van der Waals surface area (Å²) in [7, 11) is 0. The fourth-order valence-electron chi connectivity index (χ4n) is 3.95. The highest BCUT2D eigenvalue weighted by molar-refractivity contribution is 6.35. The lowest BCUT2D eigenvalue weighted by atomic mass is 9.69. The fourth-order valence-corrected chi connectivity index (χ4v) is 4.17. The Bertz CT molecular complexity index is 1240. The quantitative estimate of drug-likeness (QED) is 0.403. The number of carbonyl (C=O) groups excluding carboxylic acids is 1. The molecule has 1 amide bonds. The Labute approximate surface area is 149 Å². The van der Waals surface area contributed by atoms with Crippen LogP contribution in [0.15, 0.2) is 27.8 Å². The highest BCUT2D eigenvalue weighted by atomic mass is 35.5. The van der Waals surface area contributed by atoms with Crippen LogP contribution in [0.2, 0.25) is 5.02 Å². The smallest absolute Gasteiger partial charge is 0.324 e. The second-order valence-corrected chi connectivity index (χ2v) is 6.63. The van der Waals surface area contributed by atoms with E-state index in [0.717, 1.165) is 0 Å². The molecule has 2 aromatic heterocycles. The maximum absolute atomic E-state index is 13.3. The van der Waals surface area contributed by atoms with Crippen molar-refractivity contribution >= 4 is 34.8 Å². The zero-order valence-electron chi connectivity index (χ0n) is 13.3. The van der Waals surface area contributed by atoms with Gasteiger partial charge in [0.2, 0.25) is 5.91 Å². The predicted molar refractivity (Wildman–Crippen MR) is 94.3 cm³/mol. The molecule has 1 unspecified atom stereocenters. The number of nitrogens with zero attached hydrogens (tertiary/aromatic N) is 1. The van der Waals surface area contributed by atoms with Gasteiger partial charge < -0.3 is 10.6 Å². The minimum Gasteiger partial charge on any atom is -0.324 e. The zero-order valence-corrected chi connectivity index (χ0v) is 14.0. The van der Waals surface area contributed by atoms with Crippen molar-refractivity contribution in [2.75, 3.05) is 10.6 Å². The number of rotatable bonds is 0. The summed E-state index contributed by atoms with van der Waals surface area (Å²) < 4.78 is 0. The first-order chi connectivity index (χ1) is 12.4. The van der Waals surface area contributed by atoms with E-state index < -0.39 is 22.6 Å². The summed E-state index contributed by atoms with van der Waals surface area (Å²) >= 11 is 6.27. The van der Waals surface area contributed by atoms with E-state index in [0.29, 0.717) is 33.3 Å². The fraction of sp³-hybridized carbons (Fsp3) is 0.125. The number of nitrogens with one attached hydrogen (secondary N) is 5. The van der Waals surface area contributed by atoms with Gasteiger partial charge in [0, 0.05) is 16.8 Å². The number of aryl methyl sites for hydroxylation is 1. The lowest BCUT2D eigenvalue weighted by Crippen LogP contribution is -2.46. The summed E-state index contributed by atoms with van der Waals surface area (Å²) in [6.45, 7) is 1.76. The molecule has 0 bridgehead atoms. The summed E-state index contributed by atoms with van der Waals surface area (Å²) in [5.74, 6) is 0.0478. The van der Waals surface area contributed by atoms with Crippen LogP contribution in [-0.4, -0.2) is 26.1 Å². The van der Waals surface area contributed by atoms with E-state index in [-0.39, 0.29) is 11.4 Å². The minimum atomic E-state index is -1.48. The molecule has 0 saturated heterocycles. The topological polar surface area (TPSA) is 136 Å². The molecule has 26 heavy (non-hydrogen) atoms. The van der Waals surface area contributed by atoms with Gasteiger partial charge in [0.05, 0.1) is 16.3 Å². The Morgan fingerprint density at radius 2 is 1.88 bits per heavy atom. The third-order valence-corrected chi connectivity index (χ3v) is 5.19.